The fourth-order valence-electron chi connectivity index (χ4n) is 2.00. The van der Waals surface area contributed by atoms with Crippen molar-refractivity contribution >= 4 is 43.2 Å². The van der Waals surface area contributed by atoms with Gasteiger partial charge in [-0.3, -0.25) is 0 Å². The van der Waals surface area contributed by atoms with Crippen molar-refractivity contribution in [1.29, 1.82) is 0 Å². The molecule has 1 unspecified atom stereocenters. The van der Waals surface area contributed by atoms with Gasteiger partial charge in [0.25, 0.3) is 0 Å². The summed E-state index contributed by atoms with van der Waals surface area (Å²) < 4.78 is 17.7. The number of ether oxygens (including phenoxy) is 3. The summed E-state index contributed by atoms with van der Waals surface area (Å²) in [5, 5.41) is 10.7. The molecular formula is C14H14Br2O4S. The van der Waals surface area contributed by atoms with Crippen LogP contribution in [0.1, 0.15) is 17.2 Å². The van der Waals surface area contributed by atoms with Crippen molar-refractivity contribution in [3.63, 3.8) is 0 Å². The van der Waals surface area contributed by atoms with Gasteiger partial charge in [-0.05, 0) is 37.9 Å². The summed E-state index contributed by atoms with van der Waals surface area (Å²) in [6.07, 6.45) is -0.877. The fraction of sp³-hybridized carbons (Fsp3) is 0.286. The fourth-order valence-corrected chi connectivity index (χ4v) is 4.88. The van der Waals surface area contributed by atoms with Crippen molar-refractivity contribution in [3.05, 3.63) is 36.9 Å². The first-order chi connectivity index (χ1) is 10.0. The number of rotatable bonds is 5. The van der Waals surface area contributed by atoms with Crippen molar-refractivity contribution in [2.24, 2.45) is 0 Å². The maximum atomic E-state index is 10.7. The number of benzene rings is 1. The second kappa shape index (κ2) is 7.00. The normalized spacial score (nSPS) is 12.1. The lowest BCUT2D eigenvalue weighted by molar-refractivity contribution is 0.208. The predicted octanol–water partition coefficient (Wildman–Crippen LogP) is 4.38. The quantitative estimate of drug-likeness (QED) is 0.753. The zero-order chi connectivity index (χ0) is 15.6. The van der Waals surface area contributed by atoms with E-state index in [0.717, 1.165) is 13.1 Å². The average molecular weight is 438 g/mol. The van der Waals surface area contributed by atoms with Crippen molar-refractivity contribution in [3.8, 4) is 17.2 Å². The van der Waals surface area contributed by atoms with Crippen LogP contribution in [0.15, 0.2) is 25.8 Å². The summed E-state index contributed by atoms with van der Waals surface area (Å²) in [6, 6.07) is 5.30. The molecule has 0 aliphatic rings. The maximum Gasteiger partial charge on any atom is 0.132 e. The van der Waals surface area contributed by atoms with Crippen LogP contribution in [0.25, 0.3) is 0 Å². The molecule has 0 saturated heterocycles. The monoisotopic (exact) mass is 436 g/mol. The molecule has 0 bridgehead atoms. The summed E-state index contributed by atoms with van der Waals surface area (Å²) in [6.45, 7) is 0. The Labute approximate surface area is 143 Å². The Hall–Kier alpha value is -0.760. The predicted molar refractivity (Wildman–Crippen MR) is 89.9 cm³/mol. The summed E-state index contributed by atoms with van der Waals surface area (Å²) in [7, 11) is 4.66. The van der Waals surface area contributed by atoms with Gasteiger partial charge < -0.3 is 19.3 Å². The second-order valence-corrected chi connectivity index (χ2v) is 7.88. The molecule has 4 nitrogen and oxygen atoms in total. The number of halogens is 2. The van der Waals surface area contributed by atoms with Gasteiger partial charge in [0.1, 0.15) is 23.4 Å². The minimum absolute atomic E-state index is 0.507. The molecule has 2 aromatic rings. The van der Waals surface area contributed by atoms with E-state index in [9.17, 15) is 5.11 Å². The number of hydrogen-bond acceptors (Lipinski definition) is 5. The Morgan fingerprint density at radius 3 is 1.95 bits per heavy atom. The summed E-state index contributed by atoms with van der Waals surface area (Å²) >= 11 is 8.36. The molecule has 21 heavy (non-hydrogen) atoms. The zero-order valence-corrected chi connectivity index (χ0v) is 15.6. The molecule has 0 spiro atoms. The molecule has 7 heteroatoms. The van der Waals surface area contributed by atoms with E-state index in [2.05, 4.69) is 31.9 Å². The van der Waals surface area contributed by atoms with E-state index >= 15 is 0 Å². The molecule has 1 aromatic carbocycles. The van der Waals surface area contributed by atoms with Gasteiger partial charge >= 0.3 is 0 Å². The van der Waals surface area contributed by atoms with Gasteiger partial charge in [0, 0.05) is 17.7 Å². The SMILES string of the molecule is COc1cc(OC)c(C(O)c2cc(Br)sc2Br)c(OC)c1. The Morgan fingerprint density at radius 2 is 1.57 bits per heavy atom. The molecule has 1 atom stereocenters. The Morgan fingerprint density at radius 1 is 1.00 bits per heavy atom. The van der Waals surface area contributed by atoms with Gasteiger partial charge in [0.05, 0.1) is 34.5 Å². The highest BCUT2D eigenvalue weighted by Gasteiger charge is 2.25. The number of aliphatic hydroxyl groups excluding tert-OH is 1. The van der Waals surface area contributed by atoms with Crippen LogP contribution < -0.4 is 14.2 Å². The van der Waals surface area contributed by atoms with Crippen LogP contribution in [0.5, 0.6) is 17.2 Å². The summed E-state index contributed by atoms with van der Waals surface area (Å²) in [4.78, 5) is 0. The average Bonchev–Trinajstić information content (AvgIpc) is 2.83. The van der Waals surface area contributed by atoms with Crippen molar-refractivity contribution in [2.75, 3.05) is 21.3 Å². The number of hydrogen-bond donors (Lipinski definition) is 1. The number of methoxy groups -OCH3 is 3. The van der Waals surface area contributed by atoms with E-state index in [1.165, 1.54) is 11.3 Å². The third-order valence-electron chi connectivity index (χ3n) is 3.00. The van der Waals surface area contributed by atoms with E-state index in [1.54, 1.807) is 33.5 Å². The second-order valence-electron chi connectivity index (χ2n) is 4.13. The molecule has 1 aromatic heterocycles. The Bertz CT molecular complexity index is 617. The lowest BCUT2D eigenvalue weighted by Gasteiger charge is -2.19. The van der Waals surface area contributed by atoms with Crippen molar-refractivity contribution in [2.45, 2.75) is 6.10 Å². The molecule has 0 fully saturated rings. The Balaban J connectivity index is 2.58. The number of aliphatic hydroxyl groups is 1. The first-order valence-corrected chi connectivity index (χ1v) is 8.34. The van der Waals surface area contributed by atoms with Crippen LogP contribution in [0, 0.1) is 0 Å². The van der Waals surface area contributed by atoms with Gasteiger partial charge in [-0.25, -0.2) is 0 Å². The molecule has 0 aliphatic heterocycles. The highest BCUT2D eigenvalue weighted by molar-refractivity contribution is 9.12. The van der Waals surface area contributed by atoms with Crippen molar-refractivity contribution < 1.29 is 19.3 Å². The molecular weight excluding hydrogens is 424 g/mol. The third kappa shape index (κ3) is 3.36. The maximum absolute atomic E-state index is 10.7. The standard InChI is InChI=1S/C14H14Br2O4S/c1-18-7-4-9(19-2)12(10(5-7)20-3)13(17)8-6-11(15)21-14(8)16/h4-6,13,17H,1-3H3. The van der Waals surface area contributed by atoms with Gasteiger partial charge in [-0.2, -0.15) is 0 Å². The molecule has 1 heterocycles. The third-order valence-corrected chi connectivity index (χ3v) is 5.39. The molecule has 2 rings (SSSR count). The van der Waals surface area contributed by atoms with Crippen LogP contribution in [0.4, 0.5) is 0 Å². The first kappa shape index (κ1) is 16.6. The number of thiophene rings is 1. The van der Waals surface area contributed by atoms with E-state index in [1.807, 2.05) is 6.07 Å². The van der Waals surface area contributed by atoms with Gasteiger partial charge in [0.2, 0.25) is 0 Å². The van der Waals surface area contributed by atoms with E-state index in [4.69, 9.17) is 14.2 Å². The lowest BCUT2D eigenvalue weighted by atomic mass is 10.0. The summed E-state index contributed by atoms with van der Waals surface area (Å²) in [5.74, 6) is 1.62. The molecule has 0 saturated carbocycles. The molecule has 1 N–H and O–H groups in total. The van der Waals surface area contributed by atoms with Gasteiger partial charge in [-0.15, -0.1) is 11.3 Å². The van der Waals surface area contributed by atoms with Crippen LogP contribution >= 0.6 is 43.2 Å². The van der Waals surface area contributed by atoms with Gasteiger partial charge in [0.15, 0.2) is 0 Å². The van der Waals surface area contributed by atoms with Crippen LogP contribution in [-0.4, -0.2) is 26.4 Å². The first-order valence-electron chi connectivity index (χ1n) is 5.94. The highest BCUT2D eigenvalue weighted by Crippen LogP contribution is 2.44. The van der Waals surface area contributed by atoms with E-state index in [0.29, 0.717) is 22.8 Å². The minimum atomic E-state index is -0.877. The molecule has 0 aliphatic carbocycles. The summed E-state index contributed by atoms with van der Waals surface area (Å²) in [5.41, 5.74) is 1.31. The minimum Gasteiger partial charge on any atom is -0.496 e. The lowest BCUT2D eigenvalue weighted by Crippen LogP contribution is -2.05. The Kier molecular flexibility index (Phi) is 5.54. The highest BCUT2D eigenvalue weighted by atomic mass is 79.9. The zero-order valence-electron chi connectivity index (χ0n) is 11.6. The smallest absolute Gasteiger partial charge is 0.132 e. The van der Waals surface area contributed by atoms with E-state index < -0.39 is 6.10 Å². The largest absolute Gasteiger partial charge is 0.496 e. The topological polar surface area (TPSA) is 47.9 Å². The van der Waals surface area contributed by atoms with Crippen LogP contribution in [0.2, 0.25) is 0 Å². The van der Waals surface area contributed by atoms with Crippen LogP contribution in [-0.2, 0) is 0 Å². The van der Waals surface area contributed by atoms with Crippen LogP contribution in [0.3, 0.4) is 0 Å². The molecule has 114 valence electrons. The molecule has 0 amide bonds. The molecule has 0 radical (unpaired) electrons. The van der Waals surface area contributed by atoms with Crippen molar-refractivity contribution in [1.82, 2.24) is 0 Å². The van der Waals surface area contributed by atoms with E-state index in [-0.39, 0.29) is 0 Å². The van der Waals surface area contributed by atoms with Gasteiger partial charge in [-0.1, -0.05) is 0 Å².